The molecule has 2 aromatic rings. The van der Waals surface area contributed by atoms with Crippen molar-refractivity contribution in [2.45, 2.75) is 19.1 Å². The van der Waals surface area contributed by atoms with Gasteiger partial charge in [-0.25, -0.2) is 0 Å². The van der Waals surface area contributed by atoms with Crippen molar-refractivity contribution in [3.05, 3.63) is 46.9 Å². The van der Waals surface area contributed by atoms with Crippen molar-refractivity contribution in [2.75, 3.05) is 6.61 Å². The molecule has 0 amide bonds. The number of phenolic OH excluding ortho intramolecular Hbond substituents is 2. The smallest absolute Gasteiger partial charge is 0.157 e. The van der Waals surface area contributed by atoms with Crippen molar-refractivity contribution >= 4 is 0 Å². The highest BCUT2D eigenvalue weighted by Gasteiger charge is 2.26. The number of fused-ring (bicyclic) bond motifs is 1. The minimum atomic E-state index is -0.421. The van der Waals surface area contributed by atoms with Crippen LogP contribution in [0.5, 0.6) is 11.5 Å². The van der Waals surface area contributed by atoms with Crippen LogP contribution in [0.25, 0.3) is 0 Å². The van der Waals surface area contributed by atoms with Crippen LogP contribution in [0.1, 0.15) is 28.8 Å². The van der Waals surface area contributed by atoms with Crippen LogP contribution in [0.15, 0.2) is 28.7 Å². The second kappa shape index (κ2) is 4.60. The molecular weight excluding hydrogens is 248 g/mol. The number of benzene rings is 1. The van der Waals surface area contributed by atoms with Crippen molar-refractivity contribution in [2.24, 2.45) is 0 Å². The molecule has 2 heterocycles. The van der Waals surface area contributed by atoms with Crippen LogP contribution in [0.2, 0.25) is 0 Å². The van der Waals surface area contributed by atoms with Gasteiger partial charge in [-0.2, -0.15) is 0 Å². The highest BCUT2D eigenvalue weighted by Crippen LogP contribution is 2.39. The largest absolute Gasteiger partial charge is 0.504 e. The van der Waals surface area contributed by atoms with Gasteiger partial charge in [0.2, 0.25) is 0 Å². The van der Waals surface area contributed by atoms with E-state index in [1.807, 2.05) is 0 Å². The quantitative estimate of drug-likeness (QED) is 0.719. The zero-order valence-electron chi connectivity index (χ0n) is 10.2. The number of phenols is 2. The number of furan rings is 1. The molecule has 3 N–H and O–H groups in total. The van der Waals surface area contributed by atoms with E-state index in [4.69, 9.17) is 14.3 Å². The molecule has 0 saturated carbocycles. The molecule has 0 aliphatic carbocycles. The van der Waals surface area contributed by atoms with Gasteiger partial charge in [0.1, 0.15) is 24.2 Å². The lowest BCUT2D eigenvalue weighted by Gasteiger charge is -2.25. The summed E-state index contributed by atoms with van der Waals surface area (Å²) in [6, 6.07) is 6.48. The topological polar surface area (TPSA) is 83.1 Å². The summed E-state index contributed by atoms with van der Waals surface area (Å²) in [5.74, 6) is 0.738. The SMILES string of the molecule is OCc1ccc(C2OCCc3cc(O)c(O)cc32)o1. The molecule has 3 rings (SSSR count). The Morgan fingerprint density at radius 2 is 1.95 bits per heavy atom. The van der Waals surface area contributed by atoms with E-state index in [1.165, 1.54) is 6.07 Å². The van der Waals surface area contributed by atoms with E-state index in [9.17, 15) is 10.2 Å². The molecular formula is C14H14O5. The summed E-state index contributed by atoms with van der Waals surface area (Å²) in [6.45, 7) is 0.345. The third kappa shape index (κ3) is 2.07. The highest BCUT2D eigenvalue weighted by atomic mass is 16.5. The molecule has 19 heavy (non-hydrogen) atoms. The van der Waals surface area contributed by atoms with E-state index >= 15 is 0 Å². The third-order valence-corrected chi connectivity index (χ3v) is 3.27. The van der Waals surface area contributed by atoms with E-state index in [1.54, 1.807) is 18.2 Å². The van der Waals surface area contributed by atoms with Gasteiger partial charge in [0.05, 0.1) is 6.61 Å². The second-order valence-corrected chi connectivity index (χ2v) is 4.50. The van der Waals surface area contributed by atoms with Gasteiger partial charge in [-0.3, -0.25) is 0 Å². The minimum absolute atomic E-state index is 0.130. The highest BCUT2D eigenvalue weighted by molar-refractivity contribution is 5.48. The molecule has 1 unspecified atom stereocenters. The van der Waals surface area contributed by atoms with Gasteiger partial charge < -0.3 is 24.5 Å². The Morgan fingerprint density at radius 1 is 1.16 bits per heavy atom. The van der Waals surface area contributed by atoms with Gasteiger partial charge in [-0.05, 0) is 41.8 Å². The molecule has 1 atom stereocenters. The summed E-state index contributed by atoms with van der Waals surface area (Å²) in [6.07, 6.45) is 0.253. The first kappa shape index (κ1) is 12.1. The van der Waals surface area contributed by atoms with Crippen LogP contribution in [0.4, 0.5) is 0 Å². The summed E-state index contributed by atoms with van der Waals surface area (Å²) < 4.78 is 11.2. The maximum Gasteiger partial charge on any atom is 0.157 e. The van der Waals surface area contributed by atoms with Crippen LogP contribution in [0.3, 0.4) is 0 Å². The van der Waals surface area contributed by atoms with Crippen molar-refractivity contribution in [1.29, 1.82) is 0 Å². The summed E-state index contributed by atoms with van der Waals surface area (Å²) in [7, 11) is 0. The fourth-order valence-electron chi connectivity index (χ4n) is 2.33. The third-order valence-electron chi connectivity index (χ3n) is 3.27. The molecule has 0 spiro atoms. The Hall–Kier alpha value is -1.98. The van der Waals surface area contributed by atoms with Crippen molar-refractivity contribution in [3.63, 3.8) is 0 Å². The van der Waals surface area contributed by atoms with Crippen molar-refractivity contribution in [1.82, 2.24) is 0 Å². The predicted molar refractivity (Wildman–Crippen MR) is 65.9 cm³/mol. The molecule has 1 aromatic heterocycles. The van der Waals surface area contributed by atoms with Gasteiger partial charge in [-0.1, -0.05) is 0 Å². The average Bonchev–Trinajstić information content (AvgIpc) is 2.88. The Labute approximate surface area is 109 Å². The Bertz CT molecular complexity index is 602. The summed E-state index contributed by atoms with van der Waals surface area (Å²) in [5.41, 5.74) is 1.70. The lowest BCUT2D eigenvalue weighted by Crippen LogP contribution is -2.16. The number of aliphatic hydroxyl groups excluding tert-OH is 1. The number of hydrogen-bond acceptors (Lipinski definition) is 5. The number of ether oxygens (including phenoxy) is 1. The van der Waals surface area contributed by atoms with Crippen LogP contribution in [0, 0.1) is 0 Å². The molecule has 0 saturated heterocycles. The van der Waals surface area contributed by atoms with Gasteiger partial charge >= 0.3 is 0 Å². The summed E-state index contributed by atoms with van der Waals surface area (Å²) in [4.78, 5) is 0. The molecule has 5 nitrogen and oxygen atoms in total. The van der Waals surface area contributed by atoms with E-state index in [0.29, 0.717) is 24.5 Å². The molecule has 1 aliphatic rings. The lowest BCUT2D eigenvalue weighted by molar-refractivity contribution is 0.0530. The fourth-order valence-corrected chi connectivity index (χ4v) is 2.33. The summed E-state index contributed by atoms with van der Waals surface area (Å²) >= 11 is 0. The first-order valence-electron chi connectivity index (χ1n) is 6.05. The lowest BCUT2D eigenvalue weighted by atomic mass is 9.95. The van der Waals surface area contributed by atoms with Gasteiger partial charge in [0.15, 0.2) is 11.5 Å². The first-order valence-corrected chi connectivity index (χ1v) is 6.05. The molecule has 0 fully saturated rings. The number of rotatable bonds is 2. The molecule has 1 aromatic carbocycles. The first-order chi connectivity index (χ1) is 9.19. The van der Waals surface area contributed by atoms with Crippen LogP contribution in [-0.2, 0) is 17.8 Å². The zero-order valence-corrected chi connectivity index (χ0v) is 10.2. The fraction of sp³-hybridized carbons (Fsp3) is 0.286. The maximum absolute atomic E-state index is 9.62. The maximum atomic E-state index is 9.62. The minimum Gasteiger partial charge on any atom is -0.504 e. The van der Waals surface area contributed by atoms with Crippen LogP contribution < -0.4 is 0 Å². The molecule has 1 aliphatic heterocycles. The normalized spacial score (nSPS) is 18.3. The predicted octanol–water partition coefficient (Wildman–Crippen LogP) is 1.85. The van der Waals surface area contributed by atoms with E-state index in [2.05, 4.69) is 0 Å². The molecule has 100 valence electrons. The molecule has 0 radical (unpaired) electrons. The van der Waals surface area contributed by atoms with E-state index < -0.39 is 6.10 Å². The van der Waals surface area contributed by atoms with Crippen molar-refractivity contribution in [3.8, 4) is 11.5 Å². The number of hydrogen-bond donors (Lipinski definition) is 3. The Kier molecular flexibility index (Phi) is 2.93. The Balaban J connectivity index is 2.04. The van der Waals surface area contributed by atoms with E-state index in [-0.39, 0.29) is 18.1 Å². The number of aliphatic hydroxyl groups is 1. The average molecular weight is 262 g/mol. The molecule has 0 bridgehead atoms. The Morgan fingerprint density at radius 3 is 2.68 bits per heavy atom. The summed E-state index contributed by atoms with van der Waals surface area (Å²) in [5, 5.41) is 28.2. The van der Waals surface area contributed by atoms with Crippen LogP contribution in [-0.4, -0.2) is 21.9 Å². The van der Waals surface area contributed by atoms with Gasteiger partial charge in [0, 0.05) is 0 Å². The van der Waals surface area contributed by atoms with Gasteiger partial charge in [0.25, 0.3) is 0 Å². The molecule has 5 heteroatoms. The van der Waals surface area contributed by atoms with Gasteiger partial charge in [-0.15, -0.1) is 0 Å². The second-order valence-electron chi connectivity index (χ2n) is 4.50. The standard InChI is InChI=1S/C14H14O5/c15-7-9-1-2-13(19-9)14-10-6-12(17)11(16)5-8(10)3-4-18-14/h1-2,5-6,14-17H,3-4,7H2. The zero-order chi connectivity index (χ0) is 13.4. The monoisotopic (exact) mass is 262 g/mol. The van der Waals surface area contributed by atoms with Crippen LogP contribution >= 0.6 is 0 Å². The van der Waals surface area contributed by atoms with Crippen molar-refractivity contribution < 1.29 is 24.5 Å². The van der Waals surface area contributed by atoms with E-state index in [0.717, 1.165) is 11.1 Å². The number of aromatic hydroxyl groups is 2.